The van der Waals surface area contributed by atoms with E-state index in [2.05, 4.69) is 21.9 Å². The summed E-state index contributed by atoms with van der Waals surface area (Å²) >= 11 is 0. The first-order valence-corrected chi connectivity index (χ1v) is 9.13. The number of amides is 2. The lowest BCUT2D eigenvalue weighted by Gasteiger charge is -2.19. The zero-order chi connectivity index (χ0) is 21.3. The average Bonchev–Trinajstić information content (AvgIpc) is 3.11. The molecule has 0 fully saturated rings. The molecule has 0 saturated heterocycles. The minimum atomic E-state index is -4.47. The summed E-state index contributed by atoms with van der Waals surface area (Å²) < 4.78 is 44.4. The minimum absolute atomic E-state index is 0.0837. The molecule has 1 N–H and O–H groups in total. The number of hydrogen-bond donors (Lipinski definition) is 1. The Kier molecular flexibility index (Phi) is 5.03. The normalized spacial score (nSPS) is 15.6. The van der Waals surface area contributed by atoms with Crippen LogP contribution in [0.5, 0.6) is 5.75 Å². The van der Waals surface area contributed by atoms with Gasteiger partial charge in [0.15, 0.2) is 0 Å². The molecule has 9 heteroatoms. The van der Waals surface area contributed by atoms with Crippen LogP contribution in [-0.2, 0) is 12.6 Å². The third kappa shape index (κ3) is 4.19. The Morgan fingerprint density at radius 3 is 2.80 bits per heavy atom. The number of nitrogens with zero attached hydrogens (tertiary/aromatic N) is 3. The van der Waals surface area contributed by atoms with Gasteiger partial charge in [0.25, 0.3) is 0 Å². The lowest BCUT2D eigenvalue weighted by Crippen LogP contribution is -2.33. The number of carbonyl (C=O) groups is 1. The van der Waals surface area contributed by atoms with E-state index in [1.165, 1.54) is 23.4 Å². The predicted molar refractivity (Wildman–Crippen MR) is 108 cm³/mol. The molecule has 0 aromatic heterocycles. The molecule has 0 saturated carbocycles. The fourth-order valence-electron chi connectivity index (χ4n) is 3.26. The van der Waals surface area contributed by atoms with Crippen LogP contribution in [0.1, 0.15) is 17.5 Å². The van der Waals surface area contributed by atoms with Crippen molar-refractivity contribution in [2.45, 2.75) is 19.0 Å². The highest BCUT2D eigenvalue weighted by molar-refractivity contribution is 6.03. The molecule has 0 spiro atoms. The van der Waals surface area contributed by atoms with Crippen LogP contribution in [0.2, 0.25) is 0 Å². The summed E-state index contributed by atoms with van der Waals surface area (Å²) in [6.45, 7) is 4.18. The van der Waals surface area contributed by atoms with E-state index in [9.17, 15) is 18.0 Å². The van der Waals surface area contributed by atoms with Gasteiger partial charge in [0.05, 0.1) is 12.0 Å². The van der Waals surface area contributed by atoms with Crippen LogP contribution in [-0.4, -0.2) is 24.8 Å². The van der Waals surface area contributed by atoms with Crippen molar-refractivity contribution in [3.05, 3.63) is 65.9 Å². The van der Waals surface area contributed by atoms with Gasteiger partial charge in [-0.1, -0.05) is 12.6 Å². The summed E-state index contributed by atoms with van der Waals surface area (Å²) in [5.41, 5.74) is 1.50. The molecular formula is C21H17F3N4O2. The average molecular weight is 414 g/mol. The van der Waals surface area contributed by atoms with E-state index in [0.717, 1.165) is 17.7 Å². The Balaban J connectivity index is 1.47. The molecule has 154 valence electrons. The van der Waals surface area contributed by atoms with E-state index < -0.39 is 17.8 Å². The molecule has 6 nitrogen and oxygen atoms in total. The number of benzene rings is 2. The van der Waals surface area contributed by atoms with Gasteiger partial charge in [0, 0.05) is 23.6 Å². The second-order valence-corrected chi connectivity index (χ2v) is 6.81. The molecule has 0 unspecified atom stereocenters. The highest BCUT2D eigenvalue weighted by Gasteiger charge is 2.31. The van der Waals surface area contributed by atoms with Gasteiger partial charge < -0.3 is 10.1 Å². The molecule has 2 heterocycles. The highest BCUT2D eigenvalue weighted by atomic mass is 19.4. The van der Waals surface area contributed by atoms with Gasteiger partial charge >= 0.3 is 12.2 Å². The lowest BCUT2D eigenvalue weighted by atomic mass is 10.1. The van der Waals surface area contributed by atoms with Crippen LogP contribution in [0.4, 0.5) is 29.3 Å². The monoisotopic (exact) mass is 414 g/mol. The third-order valence-corrected chi connectivity index (χ3v) is 4.67. The summed E-state index contributed by atoms with van der Waals surface area (Å²) in [4.78, 5) is 22.2. The van der Waals surface area contributed by atoms with Crippen molar-refractivity contribution in [3.63, 3.8) is 0 Å². The minimum Gasteiger partial charge on any atom is -0.443 e. The van der Waals surface area contributed by atoms with Gasteiger partial charge in [-0.2, -0.15) is 13.2 Å². The zero-order valence-corrected chi connectivity index (χ0v) is 15.7. The van der Waals surface area contributed by atoms with Crippen molar-refractivity contribution in [2.24, 2.45) is 9.98 Å². The van der Waals surface area contributed by atoms with Gasteiger partial charge in [-0.25, -0.2) is 14.8 Å². The van der Waals surface area contributed by atoms with Crippen LogP contribution in [0.3, 0.4) is 0 Å². The van der Waals surface area contributed by atoms with E-state index in [1.807, 2.05) is 6.07 Å². The summed E-state index contributed by atoms with van der Waals surface area (Å²) in [6, 6.07) is 9.33. The van der Waals surface area contributed by atoms with Gasteiger partial charge in [-0.05, 0) is 48.4 Å². The molecule has 30 heavy (non-hydrogen) atoms. The van der Waals surface area contributed by atoms with Crippen molar-refractivity contribution < 1.29 is 22.7 Å². The number of nitrogens with one attached hydrogen (secondary N) is 1. The standard InChI is InChI=1S/C21H17F3N4O2/c1-13-9-19(26-12-25-13)30-17-5-6-18-14(10-17)7-8-28(18)20(29)27-16-4-2-3-15(11-16)21(22,23)24/h2-6,10-12H,1,7-9H2,(H,27,29). The number of hydrogen-bond acceptors (Lipinski definition) is 4. The highest BCUT2D eigenvalue weighted by Crippen LogP contribution is 2.33. The molecule has 2 aliphatic heterocycles. The molecule has 2 aliphatic rings. The molecule has 0 radical (unpaired) electrons. The van der Waals surface area contributed by atoms with Crippen LogP contribution in [0.15, 0.2) is 64.7 Å². The van der Waals surface area contributed by atoms with Crippen molar-refractivity contribution in [2.75, 3.05) is 16.8 Å². The number of anilines is 2. The molecule has 2 amide bonds. The molecular weight excluding hydrogens is 397 g/mol. The lowest BCUT2D eigenvalue weighted by molar-refractivity contribution is -0.137. The fourth-order valence-corrected chi connectivity index (χ4v) is 3.26. The SMILES string of the molecule is C=C1CC(Oc2ccc3c(c2)CCN3C(=O)Nc2cccc(C(F)(F)F)c2)=NC=N1. The number of urea groups is 1. The Bertz CT molecular complexity index is 1080. The van der Waals surface area contributed by atoms with Crippen molar-refractivity contribution in [1.29, 1.82) is 0 Å². The molecule has 0 aliphatic carbocycles. The first kappa shape index (κ1) is 19.7. The maximum Gasteiger partial charge on any atom is 0.416 e. The first-order chi connectivity index (χ1) is 14.3. The Labute approximate surface area is 170 Å². The number of aliphatic imine (C=N–C) groups is 2. The van der Waals surface area contributed by atoms with Crippen LogP contribution in [0, 0.1) is 0 Å². The van der Waals surface area contributed by atoms with Gasteiger partial charge in [0.1, 0.15) is 12.1 Å². The van der Waals surface area contributed by atoms with Gasteiger partial charge in [-0.15, -0.1) is 0 Å². The quantitative estimate of drug-likeness (QED) is 0.750. The first-order valence-electron chi connectivity index (χ1n) is 9.13. The second-order valence-electron chi connectivity index (χ2n) is 6.81. The Hall–Kier alpha value is -3.62. The van der Waals surface area contributed by atoms with Crippen molar-refractivity contribution >= 4 is 29.6 Å². The maximum absolute atomic E-state index is 12.9. The summed E-state index contributed by atoms with van der Waals surface area (Å²) in [6.07, 6.45) is -2.07. The van der Waals surface area contributed by atoms with Crippen LogP contribution >= 0.6 is 0 Å². The molecule has 2 aromatic carbocycles. The Morgan fingerprint density at radius 2 is 2.03 bits per heavy atom. The Morgan fingerprint density at radius 1 is 1.20 bits per heavy atom. The second kappa shape index (κ2) is 7.66. The molecule has 0 atom stereocenters. The molecule has 4 rings (SSSR count). The number of rotatable bonds is 2. The van der Waals surface area contributed by atoms with Crippen molar-refractivity contribution in [3.8, 4) is 5.75 Å². The largest absolute Gasteiger partial charge is 0.443 e. The number of halogens is 3. The van der Waals surface area contributed by atoms with E-state index >= 15 is 0 Å². The number of fused-ring (bicyclic) bond motifs is 1. The maximum atomic E-state index is 12.9. The molecule has 2 aromatic rings. The van der Waals surface area contributed by atoms with Gasteiger partial charge in [-0.3, -0.25) is 4.90 Å². The smallest absolute Gasteiger partial charge is 0.416 e. The van der Waals surface area contributed by atoms with E-state index in [1.54, 1.807) is 12.1 Å². The van der Waals surface area contributed by atoms with Gasteiger partial charge in [0.2, 0.25) is 5.90 Å². The van der Waals surface area contributed by atoms with E-state index in [0.29, 0.717) is 42.4 Å². The molecule has 0 bridgehead atoms. The number of ether oxygens (including phenoxy) is 1. The van der Waals surface area contributed by atoms with Crippen LogP contribution < -0.4 is 15.0 Å². The number of alkyl halides is 3. The predicted octanol–water partition coefficient (Wildman–Crippen LogP) is 5.02. The van der Waals surface area contributed by atoms with E-state index in [-0.39, 0.29) is 5.69 Å². The summed E-state index contributed by atoms with van der Waals surface area (Å²) in [7, 11) is 0. The fraction of sp³-hybridized carbons (Fsp3) is 0.190. The van der Waals surface area contributed by atoms with E-state index in [4.69, 9.17) is 4.74 Å². The third-order valence-electron chi connectivity index (χ3n) is 4.67. The zero-order valence-electron chi connectivity index (χ0n) is 15.7. The summed E-state index contributed by atoms with van der Waals surface area (Å²) in [5.74, 6) is 1.06. The number of carbonyl (C=O) groups excluding carboxylic acids is 1. The topological polar surface area (TPSA) is 66.3 Å². The summed E-state index contributed by atoms with van der Waals surface area (Å²) in [5, 5.41) is 2.53. The van der Waals surface area contributed by atoms with Crippen molar-refractivity contribution in [1.82, 2.24) is 0 Å². The van der Waals surface area contributed by atoms with Crippen LogP contribution in [0.25, 0.3) is 0 Å².